The van der Waals surface area contributed by atoms with Gasteiger partial charge in [-0.2, -0.15) is 0 Å². The highest BCUT2D eigenvalue weighted by Gasteiger charge is 2.18. The van der Waals surface area contributed by atoms with E-state index < -0.39 is 17.9 Å². The first-order valence-corrected chi connectivity index (χ1v) is 2.94. The Kier molecular flexibility index (Phi) is 3.97. The maximum Gasteiger partial charge on any atom is 0.303 e. The van der Waals surface area contributed by atoms with Gasteiger partial charge in [0, 0.05) is 5.18 Å². The fraction of sp³-hybridized carbons (Fsp3) is 0.600. The Morgan fingerprint density at radius 3 is 2.45 bits per heavy atom. The van der Waals surface area contributed by atoms with Crippen LogP contribution in [0.1, 0.15) is 6.42 Å². The molecule has 11 heavy (non-hydrogen) atoms. The standard InChI is InChI=1S/C5H9N3O3/c1-7-3(2-4(6)9)5(10)8-11/h3,7H,2H2,1H3,(H2,6,9). The zero-order valence-corrected chi connectivity index (χ0v) is 6.03. The second-order valence-corrected chi connectivity index (χ2v) is 1.94. The number of hydrogen-bond donors (Lipinski definition) is 2. The zero-order chi connectivity index (χ0) is 8.85. The molecule has 3 N–H and O–H groups in total. The molecule has 0 aromatic carbocycles. The molecule has 0 aliphatic carbocycles. The van der Waals surface area contributed by atoms with Crippen LogP contribution in [0, 0.1) is 4.91 Å². The van der Waals surface area contributed by atoms with Crippen molar-refractivity contribution in [3.63, 3.8) is 0 Å². The molecular weight excluding hydrogens is 150 g/mol. The minimum absolute atomic E-state index is 0.207. The number of amides is 2. The van der Waals surface area contributed by atoms with Gasteiger partial charge in [-0.05, 0) is 7.05 Å². The van der Waals surface area contributed by atoms with Crippen molar-refractivity contribution >= 4 is 11.8 Å². The van der Waals surface area contributed by atoms with E-state index >= 15 is 0 Å². The zero-order valence-electron chi connectivity index (χ0n) is 6.03. The van der Waals surface area contributed by atoms with Crippen molar-refractivity contribution in [3.8, 4) is 0 Å². The molecule has 0 saturated carbocycles. The molecule has 0 bridgehead atoms. The van der Waals surface area contributed by atoms with Crippen molar-refractivity contribution in [1.29, 1.82) is 0 Å². The summed E-state index contributed by atoms with van der Waals surface area (Å²) in [4.78, 5) is 30.5. The SMILES string of the molecule is CNC(CC(N)=O)C(=O)N=O. The lowest BCUT2D eigenvalue weighted by atomic mass is 10.2. The summed E-state index contributed by atoms with van der Waals surface area (Å²) in [5.74, 6) is -1.56. The quantitative estimate of drug-likeness (QED) is 0.500. The van der Waals surface area contributed by atoms with Gasteiger partial charge in [0.2, 0.25) is 5.91 Å². The van der Waals surface area contributed by atoms with E-state index in [2.05, 4.69) is 10.5 Å². The topological polar surface area (TPSA) is 102 Å². The van der Waals surface area contributed by atoms with Gasteiger partial charge in [0.25, 0.3) is 0 Å². The molecule has 0 fully saturated rings. The number of carbonyl (C=O) groups is 2. The van der Waals surface area contributed by atoms with Gasteiger partial charge in [0.15, 0.2) is 0 Å². The van der Waals surface area contributed by atoms with Gasteiger partial charge < -0.3 is 11.1 Å². The summed E-state index contributed by atoms with van der Waals surface area (Å²) in [5, 5.41) is 4.59. The third-order valence-corrected chi connectivity index (χ3v) is 1.14. The molecule has 1 atom stereocenters. The van der Waals surface area contributed by atoms with Crippen molar-refractivity contribution in [2.75, 3.05) is 7.05 Å². The molecule has 0 aromatic rings. The van der Waals surface area contributed by atoms with Gasteiger partial charge in [0.1, 0.15) is 6.04 Å². The van der Waals surface area contributed by atoms with Gasteiger partial charge in [-0.3, -0.25) is 9.59 Å². The molecule has 0 aliphatic heterocycles. The molecule has 6 nitrogen and oxygen atoms in total. The van der Waals surface area contributed by atoms with Crippen LogP contribution >= 0.6 is 0 Å². The fourth-order valence-electron chi connectivity index (χ4n) is 0.578. The first-order valence-electron chi connectivity index (χ1n) is 2.94. The van der Waals surface area contributed by atoms with E-state index in [0.717, 1.165) is 0 Å². The average Bonchev–Trinajstić information content (AvgIpc) is 1.98. The van der Waals surface area contributed by atoms with Gasteiger partial charge >= 0.3 is 5.91 Å². The van der Waals surface area contributed by atoms with Crippen molar-refractivity contribution in [3.05, 3.63) is 4.91 Å². The Morgan fingerprint density at radius 1 is 1.64 bits per heavy atom. The number of likely N-dealkylation sites (N-methyl/N-ethyl adjacent to an activating group) is 1. The molecule has 0 aromatic heterocycles. The number of carbonyl (C=O) groups excluding carboxylic acids is 2. The molecular formula is C5H9N3O3. The van der Waals surface area contributed by atoms with E-state index in [1.165, 1.54) is 7.05 Å². The molecule has 62 valence electrons. The van der Waals surface area contributed by atoms with Crippen LogP contribution in [0.3, 0.4) is 0 Å². The highest BCUT2D eigenvalue weighted by molar-refractivity contribution is 5.88. The van der Waals surface area contributed by atoms with E-state index in [0.29, 0.717) is 0 Å². The molecule has 0 aliphatic rings. The van der Waals surface area contributed by atoms with Crippen molar-refractivity contribution in [1.82, 2.24) is 5.32 Å². The average molecular weight is 159 g/mol. The molecule has 0 saturated heterocycles. The lowest BCUT2D eigenvalue weighted by Gasteiger charge is -2.06. The number of nitrogens with zero attached hydrogens (tertiary/aromatic N) is 1. The molecule has 6 heteroatoms. The van der Waals surface area contributed by atoms with E-state index in [9.17, 15) is 14.5 Å². The second-order valence-electron chi connectivity index (χ2n) is 1.94. The van der Waals surface area contributed by atoms with Gasteiger partial charge in [-0.1, -0.05) is 0 Å². The Bertz CT molecular complexity index is 180. The van der Waals surface area contributed by atoms with Gasteiger partial charge in [-0.25, -0.2) is 0 Å². The lowest BCUT2D eigenvalue weighted by Crippen LogP contribution is -2.36. The second kappa shape index (κ2) is 4.51. The van der Waals surface area contributed by atoms with E-state index in [1.54, 1.807) is 0 Å². The lowest BCUT2D eigenvalue weighted by molar-refractivity contribution is -0.124. The minimum atomic E-state index is -0.911. The third-order valence-electron chi connectivity index (χ3n) is 1.14. The van der Waals surface area contributed by atoms with Crippen molar-refractivity contribution in [2.45, 2.75) is 12.5 Å². The first-order chi connectivity index (χ1) is 5.11. The molecule has 0 heterocycles. The van der Waals surface area contributed by atoms with Crippen LogP contribution in [0.5, 0.6) is 0 Å². The maximum absolute atomic E-state index is 10.5. The number of nitrogens with two attached hydrogens (primary N) is 1. The molecule has 1 unspecified atom stereocenters. The predicted octanol–water partition coefficient (Wildman–Crippen LogP) is -1.26. The van der Waals surface area contributed by atoms with Crippen LogP contribution in [0.4, 0.5) is 0 Å². The monoisotopic (exact) mass is 159 g/mol. The smallest absolute Gasteiger partial charge is 0.303 e. The summed E-state index contributed by atoms with van der Waals surface area (Å²) in [7, 11) is 1.44. The maximum atomic E-state index is 10.5. The third kappa shape index (κ3) is 3.41. The Balaban J connectivity index is 4.05. The highest BCUT2D eigenvalue weighted by atomic mass is 16.3. The Hall–Kier alpha value is -1.30. The summed E-state index contributed by atoms with van der Waals surface area (Å²) in [5.41, 5.74) is 4.79. The van der Waals surface area contributed by atoms with Gasteiger partial charge in [-0.15, -0.1) is 4.91 Å². The summed E-state index contributed by atoms with van der Waals surface area (Å²) >= 11 is 0. The molecule has 0 radical (unpaired) electrons. The predicted molar refractivity (Wildman–Crippen MR) is 37.5 cm³/mol. The number of nitrogens with one attached hydrogen (secondary N) is 1. The van der Waals surface area contributed by atoms with Crippen LogP contribution in [-0.4, -0.2) is 24.9 Å². The van der Waals surface area contributed by atoms with Gasteiger partial charge in [0.05, 0.1) is 6.42 Å². The van der Waals surface area contributed by atoms with E-state index in [1.807, 2.05) is 0 Å². The fourth-order valence-corrected chi connectivity index (χ4v) is 0.578. The van der Waals surface area contributed by atoms with Crippen LogP contribution < -0.4 is 11.1 Å². The summed E-state index contributed by atoms with van der Waals surface area (Å²) in [6, 6.07) is -0.884. The molecule has 0 spiro atoms. The van der Waals surface area contributed by atoms with Crippen molar-refractivity contribution in [2.24, 2.45) is 10.9 Å². The molecule has 2 amide bonds. The van der Waals surface area contributed by atoms with Crippen molar-refractivity contribution < 1.29 is 9.59 Å². The number of hydrogen-bond acceptors (Lipinski definition) is 4. The van der Waals surface area contributed by atoms with Crippen LogP contribution in [0.2, 0.25) is 0 Å². The number of rotatable bonds is 4. The Morgan fingerprint density at radius 2 is 2.18 bits per heavy atom. The van der Waals surface area contributed by atoms with E-state index in [-0.39, 0.29) is 6.42 Å². The van der Waals surface area contributed by atoms with Crippen LogP contribution in [0.25, 0.3) is 0 Å². The summed E-state index contributed by atoms with van der Waals surface area (Å²) in [6.07, 6.45) is -0.207. The number of nitroso groups, excluding NO2 is 1. The highest BCUT2D eigenvalue weighted by Crippen LogP contribution is 1.92. The summed E-state index contributed by atoms with van der Waals surface area (Å²) < 4.78 is 0. The first kappa shape index (κ1) is 9.70. The van der Waals surface area contributed by atoms with E-state index in [4.69, 9.17) is 5.73 Å². The number of primary amides is 1. The molecule has 0 rings (SSSR count). The van der Waals surface area contributed by atoms with Crippen LogP contribution in [0.15, 0.2) is 5.18 Å². The largest absolute Gasteiger partial charge is 0.370 e. The Labute approximate surface area is 63.1 Å². The minimum Gasteiger partial charge on any atom is -0.370 e. The normalized spacial score (nSPS) is 12.1. The van der Waals surface area contributed by atoms with Crippen LogP contribution in [-0.2, 0) is 9.59 Å². The summed E-state index contributed by atoms with van der Waals surface area (Å²) in [6.45, 7) is 0.